The van der Waals surface area contributed by atoms with Gasteiger partial charge in [0.15, 0.2) is 0 Å². The van der Waals surface area contributed by atoms with Gasteiger partial charge in [0.05, 0.1) is 48.3 Å². The van der Waals surface area contributed by atoms with Gasteiger partial charge in [-0.1, -0.05) is 20.8 Å². The van der Waals surface area contributed by atoms with Crippen LogP contribution in [0.4, 0.5) is 0 Å². The third-order valence-electron chi connectivity index (χ3n) is 16.0. The molecule has 4 fully saturated rings. The van der Waals surface area contributed by atoms with E-state index in [0.717, 1.165) is 0 Å². The maximum atomic E-state index is 14.6. The topological polar surface area (TPSA) is 360 Å². The number of likely N-dealkylation sites (tertiary alicyclic amines) is 1. The first-order valence-corrected chi connectivity index (χ1v) is 28.9. The number of aliphatic hydroxyl groups excluding tert-OH is 3. The number of aliphatic carboxylic acids is 4. The number of rotatable bonds is 19. The van der Waals surface area contributed by atoms with E-state index in [2.05, 4.69) is 21.3 Å². The third kappa shape index (κ3) is 12.8. The van der Waals surface area contributed by atoms with Gasteiger partial charge in [0.25, 0.3) is 0 Å². The number of aliphatic hydroxyl groups is 3. The summed E-state index contributed by atoms with van der Waals surface area (Å²) in [6.07, 6.45) is -2.11. The molecule has 0 saturated carbocycles. The number of carboxylic acid groups (broad SMARTS) is 4. The van der Waals surface area contributed by atoms with Crippen molar-refractivity contribution >= 4 is 88.7 Å². The van der Waals surface area contributed by atoms with Crippen molar-refractivity contribution in [3.63, 3.8) is 0 Å². The largest absolute Gasteiger partial charge is 0.481 e. The highest BCUT2D eigenvalue weighted by atomic mass is 32.2. The fourth-order valence-electron chi connectivity index (χ4n) is 11.9. The number of hydrogen-bond acceptors (Lipinski definition) is 19. The Hall–Kier alpha value is -5.10. The molecule has 18 atom stereocenters. The van der Waals surface area contributed by atoms with Crippen LogP contribution in [0.2, 0.25) is 0 Å². The SMILES string of the molecule is C[C@@H](O)[C@@H](C(=O)N1C[C@@H](SC2=C(C(=O)O)N3C(=O)[C@H]([C@@H](C)O)[C@H]3[C@H]2C)C[C@H]1C(=O)N(C)C)[C@@H]1NC(C(=O)O)=C(S[C@@H]2CN[C@H](C(=O)N(C)C)C2)[C@@H]1C.C[C@@H](O)[C@@H](C(=O)O)[C@@H]1NC(C(=O)O)=C(S[C@@H]2CN[C@H](C(=O)N(C)C)C2)[C@@H]1C. The molecule has 0 aromatic heterocycles. The molecule has 7 aliphatic rings. The second kappa shape index (κ2) is 25.4. The second-order valence-corrected chi connectivity index (χ2v) is 26.2. The van der Waals surface area contributed by atoms with Gasteiger partial charge in [-0.2, -0.15) is 0 Å². The number of likely N-dealkylation sites (N-methyl/N-ethyl adjacent to an activating group) is 3. The Morgan fingerprint density at radius 3 is 1.39 bits per heavy atom. The number of carboxylic acids is 4. The molecule has 7 aliphatic heterocycles. The monoisotopic (exact) mass is 1170 g/mol. The molecule has 7 rings (SSSR count). The normalized spacial score (nSPS) is 32.0. The predicted molar refractivity (Wildman–Crippen MR) is 292 cm³/mol. The second-order valence-electron chi connectivity index (χ2n) is 22.2. The van der Waals surface area contributed by atoms with E-state index in [1.165, 1.54) is 80.6 Å². The van der Waals surface area contributed by atoms with Crippen LogP contribution >= 0.6 is 35.3 Å². The van der Waals surface area contributed by atoms with Crippen LogP contribution in [0.3, 0.4) is 0 Å². The van der Waals surface area contributed by atoms with Crippen molar-refractivity contribution in [1.29, 1.82) is 0 Å². The average Bonchev–Trinajstić information content (AvgIpc) is 4.42. The summed E-state index contributed by atoms with van der Waals surface area (Å²) in [6, 6.07) is -3.72. The third-order valence-corrected chi connectivity index (χ3v) is 20.5. The minimum Gasteiger partial charge on any atom is -0.481 e. The van der Waals surface area contributed by atoms with Crippen LogP contribution in [0.1, 0.15) is 60.8 Å². The number of carbonyl (C=O) groups excluding carboxylic acids is 5. The van der Waals surface area contributed by atoms with E-state index in [0.29, 0.717) is 40.6 Å². The van der Waals surface area contributed by atoms with Crippen LogP contribution in [0.5, 0.6) is 0 Å². The van der Waals surface area contributed by atoms with Crippen molar-refractivity contribution < 1.29 is 78.9 Å². The van der Waals surface area contributed by atoms with Crippen LogP contribution in [-0.2, 0) is 43.2 Å². The van der Waals surface area contributed by atoms with Crippen LogP contribution in [0.25, 0.3) is 0 Å². The fourth-order valence-corrected chi connectivity index (χ4v) is 16.4. The minimum absolute atomic E-state index is 0.000998. The van der Waals surface area contributed by atoms with Gasteiger partial charge < -0.3 is 81.5 Å². The lowest BCUT2D eigenvalue weighted by atomic mass is 9.79. The Balaban J connectivity index is 0.000000314. The summed E-state index contributed by atoms with van der Waals surface area (Å²) in [7, 11) is 9.85. The average molecular weight is 1170 g/mol. The Morgan fingerprint density at radius 1 is 0.582 bits per heavy atom. The van der Waals surface area contributed by atoms with E-state index in [-0.39, 0.29) is 70.2 Å². The zero-order valence-corrected chi connectivity index (χ0v) is 48.8. The fraction of sp³-hybridized carbons (Fsp3) is 0.706. The molecular weight excluding hydrogens is 1090 g/mol. The molecule has 440 valence electrons. The number of nitrogens with one attached hydrogen (secondary N) is 4. The lowest BCUT2D eigenvalue weighted by Gasteiger charge is -2.46. The molecule has 7 heterocycles. The molecule has 4 saturated heterocycles. The highest BCUT2D eigenvalue weighted by molar-refractivity contribution is 8.04. The predicted octanol–water partition coefficient (Wildman–Crippen LogP) is -1.09. The smallest absolute Gasteiger partial charge is 0.353 e. The Kier molecular flexibility index (Phi) is 20.3. The quantitative estimate of drug-likeness (QED) is 0.0685. The van der Waals surface area contributed by atoms with Crippen molar-refractivity contribution in [2.75, 3.05) is 61.9 Å². The summed E-state index contributed by atoms with van der Waals surface area (Å²) in [5.41, 5.74) is -0.244. The molecule has 0 radical (unpaired) electrons. The summed E-state index contributed by atoms with van der Waals surface area (Å²) < 4.78 is 0. The van der Waals surface area contributed by atoms with Gasteiger partial charge >= 0.3 is 23.9 Å². The zero-order chi connectivity index (χ0) is 59.1. The van der Waals surface area contributed by atoms with Crippen molar-refractivity contribution in [3.8, 4) is 0 Å². The molecule has 0 unspecified atom stereocenters. The summed E-state index contributed by atoms with van der Waals surface area (Å²) in [5, 5.41) is 82.2. The van der Waals surface area contributed by atoms with E-state index < -0.39 is 119 Å². The molecule has 0 aromatic rings. The van der Waals surface area contributed by atoms with Gasteiger partial charge in [-0.15, -0.1) is 35.3 Å². The van der Waals surface area contributed by atoms with Crippen LogP contribution in [0, 0.1) is 35.5 Å². The molecule has 25 nitrogen and oxygen atoms in total. The van der Waals surface area contributed by atoms with E-state index >= 15 is 0 Å². The van der Waals surface area contributed by atoms with Gasteiger partial charge in [-0.3, -0.25) is 28.8 Å². The van der Waals surface area contributed by atoms with Crippen molar-refractivity contribution in [3.05, 3.63) is 31.8 Å². The number of nitrogens with zero attached hydrogens (tertiary/aromatic N) is 5. The van der Waals surface area contributed by atoms with Crippen LogP contribution in [0.15, 0.2) is 31.8 Å². The number of fused-ring (bicyclic) bond motifs is 1. The first-order valence-electron chi connectivity index (χ1n) is 26.3. The zero-order valence-electron chi connectivity index (χ0n) is 46.4. The Morgan fingerprint density at radius 2 is 1.01 bits per heavy atom. The highest BCUT2D eigenvalue weighted by Crippen LogP contribution is 2.53. The number of hydrogen-bond donors (Lipinski definition) is 11. The van der Waals surface area contributed by atoms with Crippen LogP contribution in [-0.4, -0.2) is 246 Å². The Labute approximate surface area is 471 Å². The number of β-lactam (4-membered cyclic amide) rings is 1. The van der Waals surface area contributed by atoms with E-state index in [9.17, 15) is 78.9 Å². The summed E-state index contributed by atoms with van der Waals surface area (Å²) in [4.78, 5) is 122. The summed E-state index contributed by atoms with van der Waals surface area (Å²) in [6.45, 7) is 10.8. The molecule has 0 aromatic carbocycles. The van der Waals surface area contributed by atoms with Gasteiger partial charge in [0, 0.05) is 122 Å². The van der Waals surface area contributed by atoms with Crippen LogP contribution < -0.4 is 21.3 Å². The van der Waals surface area contributed by atoms with Gasteiger partial charge in [-0.05, 0) is 40.0 Å². The first kappa shape index (κ1) is 63.1. The standard InChI is InChI=1S/C34H50N6O10S2.C17H27N3O6S/c1-13-23(36-24(33(47)48)27(13)51-17-9-19(35-11-17)29(43)37(5)6)21(15(3)41)31(45)39-12-18(10-20(39)30(44)38(7)8)52-28-14(2)25-22(16(4)42)32(46)40(25)26(28)34(49)50;1-7-12(11(8(2)21)16(23)24)19-13(17(25)26)14(7)27-9-5-10(18-6-9)15(22)20(3)4/h13-23,25,35-36,41-42H,9-12H2,1-8H3,(H,47,48)(H,49,50);7-12,18-19,21H,5-6H2,1-4H3,(H,23,24)(H,25,26)/t13-,14-,15-,16-,17+,18+,19+,20+,21-,22-,23-,25-;7-,8-,9+,10+,11-,12-/m11/s1. The van der Waals surface area contributed by atoms with Gasteiger partial charge in [-0.25, -0.2) is 14.4 Å². The first-order chi connectivity index (χ1) is 36.8. The lowest BCUT2D eigenvalue weighted by molar-refractivity contribution is -0.163. The molecule has 0 aliphatic carbocycles. The number of carbonyl (C=O) groups is 9. The van der Waals surface area contributed by atoms with Crippen molar-refractivity contribution in [2.24, 2.45) is 35.5 Å². The van der Waals surface area contributed by atoms with Crippen molar-refractivity contribution in [1.82, 2.24) is 45.8 Å². The van der Waals surface area contributed by atoms with Gasteiger partial charge in [0.2, 0.25) is 29.5 Å². The van der Waals surface area contributed by atoms with E-state index in [1.54, 1.807) is 63.1 Å². The van der Waals surface area contributed by atoms with Gasteiger partial charge in [0.1, 0.15) is 29.1 Å². The highest BCUT2D eigenvalue weighted by Gasteiger charge is 2.61. The molecule has 79 heavy (non-hydrogen) atoms. The number of amides is 5. The molecule has 11 N–H and O–H groups in total. The number of thioether (sulfide) groups is 3. The molecule has 0 spiro atoms. The molecule has 0 bridgehead atoms. The maximum Gasteiger partial charge on any atom is 0.353 e. The molecule has 5 amide bonds. The minimum atomic E-state index is -1.28. The molecule has 28 heteroatoms. The molecular formula is C51H77N9O16S3. The van der Waals surface area contributed by atoms with Crippen molar-refractivity contribution in [2.45, 2.75) is 131 Å². The van der Waals surface area contributed by atoms with E-state index in [4.69, 9.17) is 0 Å². The van der Waals surface area contributed by atoms with E-state index in [1.807, 2.05) is 0 Å². The Bertz CT molecular complexity index is 2540. The summed E-state index contributed by atoms with van der Waals surface area (Å²) in [5.74, 6) is -10.6. The summed E-state index contributed by atoms with van der Waals surface area (Å²) >= 11 is 3.92. The maximum absolute atomic E-state index is 14.6. The lowest BCUT2D eigenvalue weighted by Crippen LogP contribution is -2.63.